The second-order valence-corrected chi connectivity index (χ2v) is 6.90. The normalized spacial score (nSPS) is 11.6. The number of para-hydroxylation sites is 2. The smallest absolute Gasteiger partial charge is 0.270 e. The van der Waals surface area contributed by atoms with Crippen molar-refractivity contribution in [1.82, 2.24) is 15.0 Å². The summed E-state index contributed by atoms with van der Waals surface area (Å²) in [6, 6.07) is 22.6. The first kappa shape index (κ1) is 17.3. The van der Waals surface area contributed by atoms with Crippen molar-refractivity contribution in [3.05, 3.63) is 77.8 Å². The van der Waals surface area contributed by atoms with E-state index in [1.165, 1.54) is 0 Å². The fourth-order valence-electron chi connectivity index (χ4n) is 3.25. The van der Waals surface area contributed by atoms with Crippen LogP contribution in [0.5, 0.6) is 5.88 Å². The van der Waals surface area contributed by atoms with E-state index in [1.807, 2.05) is 72.8 Å². The molecular weight excluding hydrogens is 386 g/mol. The number of hydrogen-bond donors (Lipinski definition) is 2. The predicted octanol–water partition coefficient (Wildman–Crippen LogP) is 6.55. The van der Waals surface area contributed by atoms with Crippen molar-refractivity contribution in [3.63, 3.8) is 0 Å². The number of fused-ring (bicyclic) bond motifs is 2. The summed E-state index contributed by atoms with van der Waals surface area (Å²) in [5.41, 5.74) is 3.53. The van der Waals surface area contributed by atoms with Crippen molar-refractivity contribution in [1.29, 1.82) is 0 Å². The zero-order valence-electron chi connectivity index (χ0n) is 15.0. The molecule has 2 N–H and O–H groups in total. The van der Waals surface area contributed by atoms with E-state index in [2.05, 4.69) is 25.2 Å². The van der Waals surface area contributed by atoms with Crippen LogP contribution in [0.1, 0.15) is 0 Å². The van der Waals surface area contributed by atoms with E-state index in [-0.39, 0.29) is 11.8 Å². The van der Waals surface area contributed by atoms with Crippen LogP contribution in [0.15, 0.2) is 83.0 Å². The molecule has 7 heteroatoms. The monoisotopic (exact) mass is 399 g/mol. The molecule has 0 unspecified atom stereocenters. The Morgan fingerprint density at radius 1 is 0.793 bits per heavy atom. The highest BCUT2D eigenvalue weighted by molar-refractivity contribution is 6.30. The van der Waals surface area contributed by atoms with E-state index < -0.39 is 0 Å². The van der Waals surface area contributed by atoms with Crippen LogP contribution in [0.25, 0.3) is 33.1 Å². The number of nitrogens with zero attached hydrogens (tertiary/aromatic N) is 4. The molecule has 0 saturated carbocycles. The summed E-state index contributed by atoms with van der Waals surface area (Å²) < 4.78 is 0. The Labute approximate surface area is 170 Å². The lowest BCUT2D eigenvalue weighted by atomic mass is 10.1. The van der Waals surface area contributed by atoms with Gasteiger partial charge in [-0.05, 0) is 24.3 Å². The van der Waals surface area contributed by atoms with Crippen molar-refractivity contribution in [2.45, 2.75) is 0 Å². The number of aromatic amines is 1. The summed E-state index contributed by atoms with van der Waals surface area (Å²) in [5.74, 6) is 0.159. The van der Waals surface area contributed by atoms with Gasteiger partial charge < -0.3 is 10.1 Å². The van der Waals surface area contributed by atoms with Gasteiger partial charge in [-0.1, -0.05) is 60.1 Å². The third-order valence-electron chi connectivity index (χ3n) is 4.61. The lowest BCUT2D eigenvalue weighted by Crippen LogP contribution is -1.90. The molecule has 2 aromatic heterocycles. The lowest BCUT2D eigenvalue weighted by molar-refractivity contribution is 0.459. The zero-order chi connectivity index (χ0) is 19.8. The Kier molecular flexibility index (Phi) is 4.18. The summed E-state index contributed by atoms with van der Waals surface area (Å²) in [6.45, 7) is 0. The maximum absolute atomic E-state index is 10.2. The molecule has 0 amide bonds. The highest BCUT2D eigenvalue weighted by Crippen LogP contribution is 2.36. The minimum absolute atomic E-state index is 0.0475. The van der Waals surface area contributed by atoms with Gasteiger partial charge in [-0.2, -0.15) is 0 Å². The molecule has 6 nitrogen and oxygen atoms in total. The Morgan fingerprint density at radius 2 is 1.52 bits per heavy atom. The number of rotatable bonds is 3. The van der Waals surface area contributed by atoms with Gasteiger partial charge in [0.15, 0.2) is 5.69 Å². The van der Waals surface area contributed by atoms with Crippen molar-refractivity contribution in [2.75, 3.05) is 0 Å². The molecule has 0 spiro atoms. The molecule has 5 aromatic rings. The van der Waals surface area contributed by atoms with Crippen LogP contribution in [-0.2, 0) is 0 Å². The molecule has 0 fully saturated rings. The molecule has 0 aliphatic heterocycles. The molecule has 5 rings (SSSR count). The van der Waals surface area contributed by atoms with Crippen LogP contribution in [0.3, 0.4) is 0 Å². The second-order valence-electron chi connectivity index (χ2n) is 6.46. The van der Waals surface area contributed by atoms with E-state index in [9.17, 15) is 5.11 Å². The molecule has 3 aromatic carbocycles. The first-order valence-corrected chi connectivity index (χ1v) is 9.31. The van der Waals surface area contributed by atoms with Gasteiger partial charge in [0, 0.05) is 21.4 Å². The highest BCUT2D eigenvalue weighted by Gasteiger charge is 2.12. The van der Waals surface area contributed by atoms with Gasteiger partial charge in [-0.15, -0.1) is 10.2 Å². The minimum atomic E-state index is -0.0475. The topological polar surface area (TPSA) is 86.5 Å². The second kappa shape index (κ2) is 7.00. The van der Waals surface area contributed by atoms with Crippen molar-refractivity contribution >= 4 is 45.0 Å². The summed E-state index contributed by atoms with van der Waals surface area (Å²) in [4.78, 5) is 12.0. The van der Waals surface area contributed by atoms with E-state index in [4.69, 9.17) is 11.6 Å². The molecule has 0 bridgehead atoms. The summed E-state index contributed by atoms with van der Waals surface area (Å²) >= 11 is 6.03. The van der Waals surface area contributed by atoms with Crippen LogP contribution in [0, 0.1) is 0 Å². The van der Waals surface area contributed by atoms with Crippen LogP contribution < -0.4 is 0 Å². The van der Waals surface area contributed by atoms with E-state index >= 15 is 0 Å². The van der Waals surface area contributed by atoms with Crippen LogP contribution in [0.4, 0.5) is 11.6 Å². The first-order chi connectivity index (χ1) is 14.2. The van der Waals surface area contributed by atoms with Gasteiger partial charge >= 0.3 is 0 Å². The molecule has 140 valence electrons. The van der Waals surface area contributed by atoms with Crippen molar-refractivity contribution in [3.8, 4) is 17.1 Å². The predicted molar refractivity (Wildman–Crippen MR) is 114 cm³/mol. The number of azo groups is 1. The third kappa shape index (κ3) is 3.19. The molecular formula is C22H14ClN5O. The largest absolute Gasteiger partial charge is 0.493 e. The average molecular weight is 400 g/mol. The standard InChI is InChI=1S/C22H14ClN5O/c23-14-11-9-13(10-12-14)19-15-5-1-4-8-18(15)25-22(26-19)28-27-20-16-6-2-3-7-17(16)24-21(20)29/h1-12,24,29H. The maximum Gasteiger partial charge on any atom is 0.270 e. The third-order valence-corrected chi connectivity index (χ3v) is 4.86. The van der Waals surface area contributed by atoms with Crippen molar-refractivity contribution < 1.29 is 5.11 Å². The molecule has 2 heterocycles. The number of H-pyrrole nitrogens is 1. The zero-order valence-corrected chi connectivity index (χ0v) is 15.8. The number of halogens is 1. The number of aromatic nitrogens is 3. The summed E-state index contributed by atoms with van der Waals surface area (Å²) in [6.07, 6.45) is 0. The molecule has 0 radical (unpaired) electrons. The van der Waals surface area contributed by atoms with E-state index in [0.29, 0.717) is 10.7 Å². The molecule has 29 heavy (non-hydrogen) atoms. The SMILES string of the molecule is Oc1[nH]c2ccccc2c1N=Nc1nc(-c2ccc(Cl)cc2)c2ccccc2n1. The van der Waals surface area contributed by atoms with Gasteiger partial charge in [0.05, 0.1) is 16.7 Å². The number of nitrogens with one attached hydrogen (secondary N) is 1. The number of hydrogen-bond acceptors (Lipinski definition) is 5. The van der Waals surface area contributed by atoms with Crippen molar-refractivity contribution in [2.24, 2.45) is 10.2 Å². The summed E-state index contributed by atoms with van der Waals surface area (Å²) in [5, 5.41) is 20.9. The molecule has 0 saturated heterocycles. The highest BCUT2D eigenvalue weighted by atomic mass is 35.5. The average Bonchev–Trinajstić information content (AvgIpc) is 3.07. The quantitative estimate of drug-likeness (QED) is 0.337. The van der Waals surface area contributed by atoms with Gasteiger partial charge in [-0.25, -0.2) is 9.97 Å². The maximum atomic E-state index is 10.2. The van der Waals surface area contributed by atoms with Gasteiger partial charge in [0.1, 0.15) is 0 Å². The summed E-state index contributed by atoms with van der Waals surface area (Å²) in [7, 11) is 0. The Morgan fingerprint density at radius 3 is 2.34 bits per heavy atom. The van der Waals surface area contributed by atoms with Gasteiger partial charge in [-0.3, -0.25) is 0 Å². The number of aromatic hydroxyl groups is 1. The van der Waals surface area contributed by atoms with E-state index in [0.717, 1.165) is 33.1 Å². The van der Waals surface area contributed by atoms with Crippen LogP contribution >= 0.6 is 11.6 Å². The lowest BCUT2D eigenvalue weighted by Gasteiger charge is -2.06. The fraction of sp³-hybridized carbons (Fsp3) is 0. The Balaban J connectivity index is 1.64. The molecule has 0 aliphatic rings. The molecule has 0 atom stereocenters. The number of benzene rings is 3. The van der Waals surface area contributed by atoms with Gasteiger partial charge in [0.2, 0.25) is 5.88 Å². The van der Waals surface area contributed by atoms with E-state index in [1.54, 1.807) is 0 Å². The Bertz CT molecular complexity index is 1380. The first-order valence-electron chi connectivity index (χ1n) is 8.93. The fourth-order valence-corrected chi connectivity index (χ4v) is 3.37. The Hall–Kier alpha value is -3.77. The van der Waals surface area contributed by atoms with Crippen LogP contribution in [-0.4, -0.2) is 20.1 Å². The minimum Gasteiger partial charge on any atom is -0.493 e. The van der Waals surface area contributed by atoms with Crippen LogP contribution in [0.2, 0.25) is 5.02 Å². The van der Waals surface area contributed by atoms with Gasteiger partial charge in [0.25, 0.3) is 5.95 Å². The molecule has 0 aliphatic carbocycles.